The van der Waals surface area contributed by atoms with E-state index < -0.39 is 0 Å². The van der Waals surface area contributed by atoms with Gasteiger partial charge in [0.25, 0.3) is 0 Å². The Kier molecular flexibility index (Phi) is 5.74. The third-order valence-electron chi connectivity index (χ3n) is 7.11. The van der Waals surface area contributed by atoms with Crippen LogP contribution in [0.2, 0.25) is 0 Å². The molecule has 2 aromatic heterocycles. The summed E-state index contributed by atoms with van der Waals surface area (Å²) >= 11 is 1.96. The van der Waals surface area contributed by atoms with Crippen LogP contribution in [0, 0.1) is 11.3 Å². The van der Waals surface area contributed by atoms with E-state index in [1.54, 1.807) is 11.3 Å². The number of allylic oxidation sites excluding steroid dienone is 1. The normalized spacial score (nSPS) is 13.0. The molecule has 0 N–H and O–H groups in total. The molecule has 0 aliphatic carbocycles. The first-order chi connectivity index (χ1) is 19.7. The maximum atomic E-state index is 10.2. The fourth-order valence-electron chi connectivity index (χ4n) is 5.25. The number of thiazole rings is 1. The van der Waals surface area contributed by atoms with Crippen molar-refractivity contribution in [3.05, 3.63) is 119 Å². The summed E-state index contributed by atoms with van der Waals surface area (Å²) in [6, 6.07) is 41.6. The van der Waals surface area contributed by atoms with E-state index in [1.807, 2.05) is 6.08 Å². The van der Waals surface area contributed by atoms with Gasteiger partial charge < -0.3 is 0 Å². The molecule has 1 aliphatic heterocycles. The molecule has 8 rings (SSSR count). The van der Waals surface area contributed by atoms with Crippen molar-refractivity contribution < 1.29 is 0 Å². The summed E-state index contributed by atoms with van der Waals surface area (Å²) in [5.41, 5.74) is 4.12. The van der Waals surface area contributed by atoms with Crippen LogP contribution in [0.1, 0.15) is 9.44 Å². The molecule has 0 amide bonds. The maximum absolute atomic E-state index is 10.2. The van der Waals surface area contributed by atoms with Crippen molar-refractivity contribution in [1.82, 2.24) is 4.98 Å². The van der Waals surface area contributed by atoms with E-state index in [-0.39, 0.29) is 14.5 Å². The predicted octanol–water partition coefficient (Wildman–Crippen LogP) is 7.16. The number of fused-ring (bicyclic) bond motifs is 5. The first kappa shape index (κ1) is 23.9. The molecule has 7 aromatic rings. The average molecular weight is 660 g/mol. The van der Waals surface area contributed by atoms with Crippen LogP contribution < -0.4 is 13.8 Å². The molecule has 0 saturated heterocycles. The van der Waals surface area contributed by atoms with Gasteiger partial charge in [-0.05, 0) is 0 Å². The van der Waals surface area contributed by atoms with E-state index in [9.17, 15) is 5.26 Å². The molecule has 0 saturated carbocycles. The summed E-state index contributed by atoms with van der Waals surface area (Å²) in [7, 11) is 0. The predicted molar refractivity (Wildman–Crippen MR) is 171 cm³/mol. The number of hydrogen-bond donors (Lipinski definition) is 0. The summed E-state index contributed by atoms with van der Waals surface area (Å²) in [5.74, 6) is 0. The van der Waals surface area contributed by atoms with Crippen LogP contribution in [0.5, 0.6) is 0 Å². The molecule has 3 nitrogen and oxygen atoms in total. The number of nitriles is 1. The summed E-state index contributed by atoms with van der Waals surface area (Å²) in [6.45, 7) is 0. The molecular formula is C34H19N3SSe2. The number of benzene rings is 5. The van der Waals surface area contributed by atoms with Gasteiger partial charge in [0.1, 0.15) is 0 Å². The van der Waals surface area contributed by atoms with Gasteiger partial charge in [0.2, 0.25) is 0 Å². The Morgan fingerprint density at radius 3 is 2.10 bits per heavy atom. The first-order valence-electron chi connectivity index (χ1n) is 12.8. The van der Waals surface area contributed by atoms with Crippen molar-refractivity contribution in [2.45, 2.75) is 0 Å². The summed E-state index contributed by atoms with van der Waals surface area (Å²) in [6.07, 6.45) is 2.04. The van der Waals surface area contributed by atoms with Gasteiger partial charge >= 0.3 is 249 Å². The molecule has 0 bridgehead atoms. The van der Waals surface area contributed by atoms with Crippen LogP contribution in [0.15, 0.2) is 109 Å². The molecule has 0 unspecified atom stereocenters. The van der Waals surface area contributed by atoms with Crippen LogP contribution in [0.25, 0.3) is 43.4 Å². The Morgan fingerprint density at radius 2 is 1.40 bits per heavy atom. The Hall–Kier alpha value is -3.94. The van der Waals surface area contributed by atoms with Gasteiger partial charge in [0.05, 0.1) is 0 Å². The molecule has 0 fully saturated rings. The van der Waals surface area contributed by atoms with E-state index in [0.29, 0.717) is 20.5 Å². The Bertz CT molecular complexity index is 2070. The van der Waals surface area contributed by atoms with Crippen LogP contribution in [0.4, 0.5) is 15.9 Å². The van der Waals surface area contributed by atoms with E-state index in [0.717, 1.165) is 15.2 Å². The van der Waals surface area contributed by atoms with Crippen molar-refractivity contribution in [1.29, 1.82) is 5.26 Å². The summed E-state index contributed by atoms with van der Waals surface area (Å²) in [4.78, 5) is 7.33. The Labute approximate surface area is 247 Å². The number of anilines is 3. The van der Waals surface area contributed by atoms with E-state index in [2.05, 4.69) is 120 Å². The molecule has 0 atom stereocenters. The average Bonchev–Trinajstić information content (AvgIpc) is 3.62. The fraction of sp³-hybridized carbons (Fsp3) is 0. The minimum absolute atomic E-state index is 0.0676. The topological polar surface area (TPSA) is 39.9 Å². The van der Waals surface area contributed by atoms with Crippen LogP contribution in [-0.4, -0.2) is 34.4 Å². The molecule has 6 heteroatoms. The van der Waals surface area contributed by atoms with Crippen LogP contribution in [0.3, 0.4) is 0 Å². The third-order valence-corrected chi connectivity index (χ3v) is 12.7. The molecule has 0 spiro atoms. The third kappa shape index (κ3) is 4.03. The van der Waals surface area contributed by atoms with Crippen molar-refractivity contribution in [3.8, 4) is 6.07 Å². The fourth-order valence-corrected chi connectivity index (χ4v) is 10.5. The molecule has 188 valence electrons. The second kappa shape index (κ2) is 9.61. The van der Waals surface area contributed by atoms with Gasteiger partial charge in [-0.3, -0.25) is 0 Å². The van der Waals surface area contributed by atoms with Crippen LogP contribution in [-0.2, 0) is 0 Å². The Balaban J connectivity index is 1.18. The van der Waals surface area contributed by atoms with E-state index >= 15 is 0 Å². The molecule has 40 heavy (non-hydrogen) atoms. The number of nitrogens with zero attached hydrogens (tertiary/aromatic N) is 3. The van der Waals surface area contributed by atoms with Gasteiger partial charge in [-0.15, -0.1) is 0 Å². The number of rotatable bonds is 3. The zero-order chi connectivity index (χ0) is 26.6. The monoisotopic (exact) mass is 661 g/mol. The zero-order valence-electron chi connectivity index (χ0n) is 21.0. The van der Waals surface area contributed by atoms with Crippen molar-refractivity contribution in [2.75, 3.05) is 4.90 Å². The van der Waals surface area contributed by atoms with Crippen molar-refractivity contribution in [3.63, 3.8) is 0 Å². The van der Waals surface area contributed by atoms with Gasteiger partial charge in [-0.1, -0.05) is 0 Å². The van der Waals surface area contributed by atoms with Gasteiger partial charge in [0.15, 0.2) is 0 Å². The molecular weight excluding hydrogens is 640 g/mol. The summed E-state index contributed by atoms with van der Waals surface area (Å²) in [5, 5.41) is 15.8. The number of para-hydroxylation sites is 2. The van der Waals surface area contributed by atoms with E-state index in [1.165, 1.54) is 50.8 Å². The van der Waals surface area contributed by atoms with Crippen molar-refractivity contribution in [2.24, 2.45) is 0 Å². The van der Waals surface area contributed by atoms with Gasteiger partial charge in [-0.25, -0.2) is 0 Å². The van der Waals surface area contributed by atoms with Gasteiger partial charge in [0, 0.05) is 0 Å². The molecule has 1 aliphatic rings. The molecule has 0 radical (unpaired) electrons. The van der Waals surface area contributed by atoms with E-state index in [4.69, 9.17) is 4.98 Å². The zero-order valence-corrected chi connectivity index (χ0v) is 25.3. The summed E-state index contributed by atoms with van der Waals surface area (Å²) < 4.78 is 6.38. The number of aromatic nitrogens is 1. The Morgan fingerprint density at radius 1 is 0.750 bits per heavy atom. The first-order valence-corrected chi connectivity index (χ1v) is 17.1. The van der Waals surface area contributed by atoms with Crippen LogP contribution >= 0.6 is 11.3 Å². The SMILES string of the molecule is N#C/C(=C\c1ccc(N2c3ccccc3[Se]c3ccccc32)[se]1)c1nc2cc3cc4ccccc4cc3cc2s1. The standard InChI is InChI=1S/C34H19N3SSe2/c35-20-25(34-36-27-18-23-15-21-7-1-2-8-22(21)16-24(23)19-30(27)38-34)17-26-13-14-33(39-26)37-28-9-3-5-11-31(28)40-32-12-6-4-10-29(32)37/h1-19H/b25-17+. The number of hydrogen-bond acceptors (Lipinski definition) is 4. The van der Waals surface area contributed by atoms with Gasteiger partial charge in [-0.2, -0.15) is 0 Å². The molecule has 3 heterocycles. The molecule has 5 aromatic carbocycles. The minimum atomic E-state index is 0.0676. The quantitative estimate of drug-likeness (QED) is 0.115. The van der Waals surface area contributed by atoms with Crippen molar-refractivity contribution >= 4 is 109 Å². The second-order valence-electron chi connectivity index (χ2n) is 9.60. The second-order valence-corrected chi connectivity index (χ2v) is 15.2.